The van der Waals surface area contributed by atoms with Crippen LogP contribution in [0.1, 0.15) is 58.2 Å². The molecule has 1 atom stereocenters. The maximum atomic E-state index is 14.2. The maximum absolute atomic E-state index is 14.2. The Hall–Kier alpha value is -4.55. The second-order valence-corrected chi connectivity index (χ2v) is 14.7. The molecule has 1 aromatic heterocycles. The van der Waals surface area contributed by atoms with Crippen molar-refractivity contribution in [3.05, 3.63) is 63.8 Å². The predicted molar refractivity (Wildman–Crippen MR) is 196 cm³/mol. The molecule has 2 aromatic carbocycles. The Morgan fingerprint density at radius 3 is 2.30 bits per heavy atom. The fourth-order valence-electron chi connectivity index (χ4n) is 6.14. The number of esters is 1. The van der Waals surface area contributed by atoms with Crippen LogP contribution in [0.2, 0.25) is 0 Å². The van der Waals surface area contributed by atoms with Gasteiger partial charge in [-0.1, -0.05) is 18.2 Å². The molecule has 0 bridgehead atoms. The van der Waals surface area contributed by atoms with Gasteiger partial charge in [-0.3, -0.25) is 14.9 Å². The van der Waals surface area contributed by atoms with E-state index < -0.39 is 54.9 Å². The Labute approximate surface area is 309 Å². The first-order valence-corrected chi connectivity index (χ1v) is 18.3. The van der Waals surface area contributed by atoms with Crippen molar-refractivity contribution in [1.82, 2.24) is 9.29 Å². The van der Waals surface area contributed by atoms with E-state index in [1.807, 2.05) is 0 Å². The summed E-state index contributed by atoms with van der Waals surface area (Å²) in [5, 5.41) is 21.9. The number of fused-ring (bicyclic) bond motifs is 1. The first-order chi connectivity index (χ1) is 25.0. The van der Waals surface area contributed by atoms with Gasteiger partial charge in [0.15, 0.2) is 22.7 Å². The first kappa shape index (κ1) is 42.9. The maximum Gasteiger partial charge on any atom is 0.419 e. The van der Waals surface area contributed by atoms with Crippen molar-refractivity contribution < 1.29 is 56.5 Å². The van der Waals surface area contributed by atoms with Gasteiger partial charge in [-0.2, -0.15) is 0 Å². The van der Waals surface area contributed by atoms with Crippen molar-refractivity contribution >= 4 is 44.8 Å². The number of nitro benzene ring substituents is 1. The van der Waals surface area contributed by atoms with E-state index in [0.717, 1.165) is 12.1 Å². The Balaban J connectivity index is 2.38. The van der Waals surface area contributed by atoms with E-state index in [0.29, 0.717) is 16.7 Å². The zero-order valence-corrected chi connectivity index (χ0v) is 32.1. The Kier molecular flexibility index (Phi) is 14.9. The van der Waals surface area contributed by atoms with Gasteiger partial charge in [0.1, 0.15) is 11.1 Å². The molecule has 0 aliphatic carbocycles. The summed E-state index contributed by atoms with van der Waals surface area (Å²) >= 11 is 0. The van der Waals surface area contributed by atoms with Gasteiger partial charge in [0, 0.05) is 38.8 Å². The molecule has 53 heavy (non-hydrogen) atoms. The number of aromatic nitrogens is 1. The van der Waals surface area contributed by atoms with Gasteiger partial charge in [-0.15, -0.1) is 0 Å². The lowest BCUT2D eigenvalue weighted by Crippen LogP contribution is -2.39. The van der Waals surface area contributed by atoms with Crippen molar-refractivity contribution in [3.8, 4) is 11.5 Å². The summed E-state index contributed by atoms with van der Waals surface area (Å²) in [6.45, 7) is 6.41. The molecule has 2 N–H and O–H groups in total. The number of nitrogens with one attached hydrogen (secondary N) is 1. The van der Waals surface area contributed by atoms with Gasteiger partial charge in [0.25, 0.3) is 5.69 Å². The Morgan fingerprint density at radius 2 is 1.74 bits per heavy atom. The number of carbonyl (C=O) groups excluding carboxylic acids is 2. The summed E-state index contributed by atoms with van der Waals surface area (Å²) in [4.78, 5) is 37.5. The van der Waals surface area contributed by atoms with Crippen molar-refractivity contribution in [2.75, 3.05) is 48.2 Å². The zero-order chi connectivity index (χ0) is 39.6. The predicted octanol–water partition coefficient (Wildman–Crippen LogP) is 5.22. The topological polar surface area (TPSA) is 204 Å². The minimum atomic E-state index is -4.37. The molecular formula is C36H49N3O13S. The minimum absolute atomic E-state index is 0.0409. The number of nitrogens with zero attached hydrogens (tertiary/aromatic N) is 2. The second kappa shape index (κ2) is 18.5. The smallest absolute Gasteiger partial charge is 0.419 e. The SMILES string of the molecule is CCOC(=O)C[C@](/C=C\c1c(CCNS(=O)(=O)c2ccccc2[N+](=O)[O-])c2ccc(OC)c(OC)c2n1C(=O)OC(C)(C)C)(CCCO)C(OC)OC. The van der Waals surface area contributed by atoms with Crippen molar-refractivity contribution in [3.63, 3.8) is 0 Å². The van der Waals surface area contributed by atoms with E-state index in [-0.39, 0.29) is 62.4 Å². The summed E-state index contributed by atoms with van der Waals surface area (Å²) in [6, 6.07) is 8.29. The Bertz CT molecular complexity index is 1900. The molecule has 0 radical (unpaired) electrons. The molecule has 0 saturated heterocycles. The molecule has 0 aliphatic rings. The lowest BCUT2D eigenvalue weighted by atomic mass is 9.78. The van der Waals surface area contributed by atoms with Gasteiger partial charge >= 0.3 is 12.1 Å². The molecular weight excluding hydrogens is 714 g/mol. The van der Waals surface area contributed by atoms with Crippen LogP contribution in [0.15, 0.2) is 47.4 Å². The molecule has 1 heterocycles. The summed E-state index contributed by atoms with van der Waals surface area (Å²) in [5.41, 5.74) is -1.85. The van der Waals surface area contributed by atoms with Gasteiger partial charge < -0.3 is 33.5 Å². The van der Waals surface area contributed by atoms with Crippen LogP contribution in [0.3, 0.4) is 0 Å². The quantitative estimate of drug-likeness (QED) is 0.0697. The molecule has 17 heteroatoms. The number of ether oxygens (including phenoxy) is 6. The van der Waals surface area contributed by atoms with E-state index in [1.165, 1.54) is 45.1 Å². The highest BCUT2D eigenvalue weighted by molar-refractivity contribution is 7.89. The lowest BCUT2D eigenvalue weighted by Gasteiger charge is -2.36. The molecule has 0 spiro atoms. The number of sulfonamides is 1. The molecule has 0 saturated carbocycles. The number of rotatable bonds is 19. The van der Waals surface area contributed by atoms with E-state index in [4.69, 9.17) is 28.4 Å². The normalized spacial score (nSPS) is 13.3. The Morgan fingerprint density at radius 1 is 1.06 bits per heavy atom. The van der Waals surface area contributed by atoms with Crippen molar-refractivity contribution in [2.24, 2.45) is 5.41 Å². The molecule has 0 unspecified atom stereocenters. The number of benzene rings is 2. The third-order valence-electron chi connectivity index (χ3n) is 8.26. The van der Waals surface area contributed by atoms with Crippen LogP contribution in [0, 0.1) is 15.5 Å². The van der Waals surface area contributed by atoms with Crippen molar-refractivity contribution in [1.29, 1.82) is 0 Å². The average Bonchev–Trinajstić information content (AvgIpc) is 3.42. The number of nitro groups is 1. The number of aliphatic hydroxyl groups excluding tert-OH is 1. The number of para-hydroxylation sites is 1. The van der Waals surface area contributed by atoms with Gasteiger partial charge in [-0.05, 0) is 76.8 Å². The highest BCUT2D eigenvalue weighted by Gasteiger charge is 2.40. The molecule has 0 fully saturated rings. The average molecular weight is 764 g/mol. The highest BCUT2D eigenvalue weighted by atomic mass is 32.2. The minimum Gasteiger partial charge on any atom is -0.493 e. The molecule has 0 amide bonds. The number of methoxy groups -OCH3 is 4. The molecule has 292 valence electrons. The van der Waals surface area contributed by atoms with Gasteiger partial charge in [0.2, 0.25) is 10.0 Å². The standard InChI is InChI=1S/C36H49N3O13S/c1-9-51-30(41)23-36(19-12-22-40,33(49-7)50-8)20-17-26-24(18-21-37-53(45,46)29-14-11-10-13-27(29)39(43)44)25-15-16-28(47-5)32(48-6)31(25)38(26)34(42)52-35(2,3)4/h10-11,13-17,20,33,37,40H,9,12,18-19,21-23H2,1-8H3/b20-17-/t36-/m1/s1. The van der Waals surface area contributed by atoms with E-state index in [2.05, 4.69) is 4.72 Å². The molecule has 3 rings (SSSR count). The lowest BCUT2D eigenvalue weighted by molar-refractivity contribution is -0.387. The summed E-state index contributed by atoms with van der Waals surface area (Å²) in [5.74, 6) is -0.0835. The molecule has 0 aliphatic heterocycles. The fraction of sp³-hybridized carbons (Fsp3) is 0.500. The summed E-state index contributed by atoms with van der Waals surface area (Å²) < 4.78 is 64.3. The van der Waals surface area contributed by atoms with Crippen LogP contribution in [0.25, 0.3) is 17.0 Å². The van der Waals surface area contributed by atoms with Crippen LogP contribution in [0.5, 0.6) is 11.5 Å². The number of aliphatic hydroxyl groups is 1. The summed E-state index contributed by atoms with van der Waals surface area (Å²) in [6.07, 6.45) is 1.59. The van der Waals surface area contributed by atoms with Crippen LogP contribution in [-0.4, -0.2) is 95.2 Å². The first-order valence-electron chi connectivity index (χ1n) is 16.8. The highest BCUT2D eigenvalue weighted by Crippen LogP contribution is 2.43. The molecule has 16 nitrogen and oxygen atoms in total. The summed E-state index contributed by atoms with van der Waals surface area (Å²) in [7, 11) is 1.28. The van der Waals surface area contributed by atoms with E-state index in [9.17, 15) is 33.2 Å². The fourth-order valence-corrected chi connectivity index (χ4v) is 7.34. The van der Waals surface area contributed by atoms with Gasteiger partial charge in [0.05, 0.1) is 43.3 Å². The second-order valence-electron chi connectivity index (χ2n) is 12.9. The van der Waals surface area contributed by atoms with Gasteiger partial charge in [-0.25, -0.2) is 22.5 Å². The monoisotopic (exact) mass is 763 g/mol. The molecule has 3 aromatic rings. The number of carbonyl (C=O) groups is 2. The van der Waals surface area contributed by atoms with E-state index >= 15 is 0 Å². The van der Waals surface area contributed by atoms with Crippen LogP contribution < -0.4 is 14.2 Å². The third kappa shape index (κ3) is 10.1. The van der Waals surface area contributed by atoms with Crippen LogP contribution in [-0.2, 0) is 40.2 Å². The van der Waals surface area contributed by atoms with Crippen LogP contribution in [0.4, 0.5) is 10.5 Å². The largest absolute Gasteiger partial charge is 0.493 e. The number of hydrogen-bond acceptors (Lipinski definition) is 13. The third-order valence-corrected chi connectivity index (χ3v) is 9.77. The van der Waals surface area contributed by atoms with Crippen molar-refractivity contribution in [2.45, 2.75) is 70.2 Å². The van der Waals surface area contributed by atoms with Crippen LogP contribution >= 0.6 is 0 Å². The van der Waals surface area contributed by atoms with E-state index in [1.54, 1.807) is 52.0 Å². The number of hydrogen-bond donors (Lipinski definition) is 2. The zero-order valence-electron chi connectivity index (χ0n) is 31.3.